The van der Waals surface area contributed by atoms with Gasteiger partial charge in [0.2, 0.25) is 0 Å². The maximum Gasteiger partial charge on any atom is 0.141 e. The summed E-state index contributed by atoms with van der Waals surface area (Å²) in [7, 11) is 0. The second-order valence-electron chi connectivity index (χ2n) is 3.11. The molecule has 1 unspecified atom stereocenters. The summed E-state index contributed by atoms with van der Waals surface area (Å²) in [5, 5.41) is 9.70. The molecular formula is C9H11ClFNO. The van der Waals surface area contributed by atoms with E-state index in [0.717, 1.165) is 0 Å². The molecule has 0 amide bonds. The highest BCUT2D eigenvalue weighted by Gasteiger charge is 2.21. The first-order valence-electron chi connectivity index (χ1n) is 3.85. The smallest absolute Gasteiger partial charge is 0.141 e. The average Bonchev–Trinajstić information content (AvgIpc) is 2.09. The molecule has 0 heterocycles. The summed E-state index contributed by atoms with van der Waals surface area (Å²) < 4.78 is 12.7. The van der Waals surface area contributed by atoms with Crippen molar-refractivity contribution in [3.8, 4) is 0 Å². The number of nitrogens with two attached hydrogens (primary N) is 1. The highest BCUT2D eigenvalue weighted by Crippen LogP contribution is 2.24. The van der Waals surface area contributed by atoms with Crippen LogP contribution in [0.1, 0.15) is 12.5 Å². The van der Waals surface area contributed by atoms with Crippen LogP contribution >= 0.6 is 11.6 Å². The first-order valence-corrected chi connectivity index (χ1v) is 4.23. The monoisotopic (exact) mass is 203 g/mol. The SMILES string of the molecule is CC(O)(CN)c1ccc(F)c(Cl)c1. The Kier molecular flexibility index (Phi) is 2.91. The molecule has 4 heteroatoms. The van der Waals surface area contributed by atoms with Gasteiger partial charge in [-0.25, -0.2) is 4.39 Å². The number of benzene rings is 1. The van der Waals surface area contributed by atoms with Gasteiger partial charge in [0.25, 0.3) is 0 Å². The molecule has 2 nitrogen and oxygen atoms in total. The van der Waals surface area contributed by atoms with Crippen LogP contribution in [-0.4, -0.2) is 11.7 Å². The van der Waals surface area contributed by atoms with E-state index >= 15 is 0 Å². The summed E-state index contributed by atoms with van der Waals surface area (Å²) >= 11 is 5.55. The first-order chi connectivity index (χ1) is 5.97. The Morgan fingerprint density at radius 3 is 2.69 bits per heavy atom. The average molecular weight is 204 g/mol. The van der Waals surface area contributed by atoms with Gasteiger partial charge in [0.05, 0.1) is 10.6 Å². The maximum absolute atomic E-state index is 12.7. The molecule has 0 fully saturated rings. The summed E-state index contributed by atoms with van der Waals surface area (Å²) in [6.45, 7) is 1.62. The highest BCUT2D eigenvalue weighted by molar-refractivity contribution is 6.30. The van der Waals surface area contributed by atoms with Crippen molar-refractivity contribution in [2.24, 2.45) is 5.73 Å². The second-order valence-corrected chi connectivity index (χ2v) is 3.51. The topological polar surface area (TPSA) is 46.2 Å². The first kappa shape index (κ1) is 10.4. The molecular weight excluding hydrogens is 193 g/mol. The van der Waals surface area contributed by atoms with E-state index in [4.69, 9.17) is 17.3 Å². The predicted octanol–water partition coefficient (Wildman–Crippen LogP) is 1.65. The van der Waals surface area contributed by atoms with Crippen LogP contribution in [0.15, 0.2) is 18.2 Å². The van der Waals surface area contributed by atoms with E-state index in [2.05, 4.69) is 0 Å². The van der Waals surface area contributed by atoms with E-state index in [1.807, 2.05) is 0 Å². The van der Waals surface area contributed by atoms with Crippen molar-refractivity contribution in [1.29, 1.82) is 0 Å². The van der Waals surface area contributed by atoms with Crippen LogP contribution in [0.5, 0.6) is 0 Å². The maximum atomic E-state index is 12.7. The van der Waals surface area contributed by atoms with Crippen molar-refractivity contribution < 1.29 is 9.50 Å². The van der Waals surface area contributed by atoms with Crippen molar-refractivity contribution >= 4 is 11.6 Å². The highest BCUT2D eigenvalue weighted by atomic mass is 35.5. The molecule has 72 valence electrons. The van der Waals surface area contributed by atoms with Crippen LogP contribution in [0.3, 0.4) is 0 Å². The van der Waals surface area contributed by atoms with E-state index in [9.17, 15) is 9.50 Å². The molecule has 13 heavy (non-hydrogen) atoms. The van der Waals surface area contributed by atoms with Gasteiger partial charge in [0.1, 0.15) is 5.82 Å². The molecule has 0 aromatic heterocycles. The lowest BCUT2D eigenvalue weighted by Crippen LogP contribution is -2.31. The Morgan fingerprint density at radius 1 is 1.62 bits per heavy atom. The molecule has 0 radical (unpaired) electrons. The van der Waals surface area contributed by atoms with Crippen molar-refractivity contribution in [3.63, 3.8) is 0 Å². The quantitative estimate of drug-likeness (QED) is 0.768. The summed E-state index contributed by atoms with van der Waals surface area (Å²) in [5.74, 6) is -0.502. The van der Waals surface area contributed by atoms with Gasteiger partial charge in [-0.1, -0.05) is 17.7 Å². The van der Waals surface area contributed by atoms with Crippen molar-refractivity contribution in [1.82, 2.24) is 0 Å². The van der Waals surface area contributed by atoms with Crippen LogP contribution in [-0.2, 0) is 5.60 Å². The van der Waals surface area contributed by atoms with Crippen LogP contribution in [0, 0.1) is 5.82 Å². The third kappa shape index (κ3) is 2.18. The van der Waals surface area contributed by atoms with E-state index in [-0.39, 0.29) is 11.6 Å². The molecule has 0 saturated carbocycles. The summed E-state index contributed by atoms with van der Waals surface area (Å²) in [4.78, 5) is 0. The van der Waals surface area contributed by atoms with Gasteiger partial charge in [-0.05, 0) is 24.6 Å². The summed E-state index contributed by atoms with van der Waals surface area (Å²) in [6.07, 6.45) is 0. The fourth-order valence-electron chi connectivity index (χ4n) is 0.949. The molecule has 3 N–H and O–H groups in total. The van der Waals surface area contributed by atoms with Crippen LogP contribution in [0.2, 0.25) is 5.02 Å². The van der Waals surface area contributed by atoms with Crippen molar-refractivity contribution in [3.05, 3.63) is 34.6 Å². The fraction of sp³-hybridized carbons (Fsp3) is 0.333. The Labute approximate surface area is 81.1 Å². The Balaban J connectivity index is 3.10. The minimum absolute atomic E-state index is 0.00812. The minimum Gasteiger partial charge on any atom is -0.384 e. The van der Waals surface area contributed by atoms with Gasteiger partial charge in [0.15, 0.2) is 0 Å². The van der Waals surface area contributed by atoms with Crippen LogP contribution < -0.4 is 5.73 Å². The van der Waals surface area contributed by atoms with Gasteiger partial charge in [0, 0.05) is 6.54 Å². The van der Waals surface area contributed by atoms with Gasteiger partial charge < -0.3 is 10.8 Å². The number of hydrogen-bond acceptors (Lipinski definition) is 2. The molecule has 1 aromatic rings. The van der Waals surface area contributed by atoms with E-state index in [0.29, 0.717) is 5.56 Å². The number of aliphatic hydroxyl groups is 1. The van der Waals surface area contributed by atoms with E-state index in [1.54, 1.807) is 6.92 Å². The molecule has 0 bridgehead atoms. The molecule has 1 aromatic carbocycles. The number of rotatable bonds is 2. The lowest BCUT2D eigenvalue weighted by atomic mass is 9.96. The van der Waals surface area contributed by atoms with Gasteiger partial charge in [-0.2, -0.15) is 0 Å². The Morgan fingerprint density at radius 2 is 2.23 bits per heavy atom. The van der Waals surface area contributed by atoms with Crippen molar-refractivity contribution in [2.45, 2.75) is 12.5 Å². The fourth-order valence-corrected chi connectivity index (χ4v) is 1.13. The lowest BCUT2D eigenvalue weighted by Gasteiger charge is -2.21. The van der Waals surface area contributed by atoms with Gasteiger partial charge in [-0.3, -0.25) is 0 Å². The normalized spacial score (nSPS) is 15.5. The van der Waals surface area contributed by atoms with Crippen molar-refractivity contribution in [2.75, 3.05) is 6.54 Å². The predicted molar refractivity (Wildman–Crippen MR) is 50.0 cm³/mol. The molecule has 1 rings (SSSR count). The zero-order chi connectivity index (χ0) is 10.1. The van der Waals surface area contributed by atoms with Crippen LogP contribution in [0.4, 0.5) is 4.39 Å². The summed E-state index contributed by atoms with van der Waals surface area (Å²) in [6, 6.07) is 4.06. The molecule has 0 aliphatic rings. The summed E-state index contributed by atoms with van der Waals surface area (Å²) in [5.41, 5.74) is 4.70. The lowest BCUT2D eigenvalue weighted by molar-refractivity contribution is 0.0668. The number of halogens is 2. The van der Waals surface area contributed by atoms with E-state index < -0.39 is 11.4 Å². The second kappa shape index (κ2) is 3.62. The zero-order valence-corrected chi connectivity index (χ0v) is 7.98. The third-order valence-electron chi connectivity index (χ3n) is 1.94. The number of hydrogen-bond donors (Lipinski definition) is 2. The molecule has 0 aliphatic heterocycles. The van der Waals surface area contributed by atoms with E-state index in [1.165, 1.54) is 18.2 Å². The zero-order valence-electron chi connectivity index (χ0n) is 7.22. The Bertz CT molecular complexity index is 314. The van der Waals surface area contributed by atoms with Gasteiger partial charge >= 0.3 is 0 Å². The van der Waals surface area contributed by atoms with Crippen LogP contribution in [0.25, 0.3) is 0 Å². The molecule has 1 atom stereocenters. The minimum atomic E-state index is -1.16. The molecule has 0 saturated heterocycles. The molecule has 0 aliphatic carbocycles. The molecule has 0 spiro atoms. The third-order valence-corrected chi connectivity index (χ3v) is 2.23. The van der Waals surface area contributed by atoms with Gasteiger partial charge in [-0.15, -0.1) is 0 Å². The Hall–Kier alpha value is -0.640. The standard InChI is InChI=1S/C9H11ClFNO/c1-9(13,5-12)6-2-3-8(11)7(10)4-6/h2-4,13H,5,12H2,1H3. The largest absolute Gasteiger partial charge is 0.384 e.